The average molecular weight is 408 g/mol. The molecule has 1 aliphatic rings. The molecular formula is C22H24N4O4. The number of hydrogen-bond donors (Lipinski definition) is 0. The lowest BCUT2D eigenvalue weighted by molar-refractivity contribution is 0.110. The molecular weight excluding hydrogens is 384 g/mol. The lowest BCUT2D eigenvalue weighted by Gasteiger charge is -2.31. The Hall–Kier alpha value is -3.55. The molecule has 2 amide bonds. The number of nitrogens with zero attached hydrogens (tertiary/aromatic N) is 4. The second-order valence-corrected chi connectivity index (χ2v) is 8.21. The van der Waals surface area contributed by atoms with Crippen LogP contribution in [0.3, 0.4) is 0 Å². The third kappa shape index (κ3) is 2.87. The standard InChI is InChI=1S/C22H24N4O4/c1-14-6-10-16(11-7-14)24-18(22(3,4)23(5)19(24)27)26-20(28)25(21(29)30-26)17-12-8-15(2)9-13-17/h6-13,18H,1-5H3/t18-/m0/s1. The summed E-state index contributed by atoms with van der Waals surface area (Å²) in [5.74, 6) is -0.800. The Morgan fingerprint density at radius 2 is 1.33 bits per heavy atom. The largest absolute Gasteiger partial charge is 0.447 e. The van der Waals surface area contributed by atoms with Gasteiger partial charge < -0.3 is 9.42 Å². The second kappa shape index (κ2) is 6.76. The van der Waals surface area contributed by atoms with Crippen LogP contribution >= 0.6 is 0 Å². The van der Waals surface area contributed by atoms with Crippen molar-refractivity contribution in [1.29, 1.82) is 0 Å². The Morgan fingerprint density at radius 1 is 0.833 bits per heavy atom. The van der Waals surface area contributed by atoms with E-state index >= 15 is 0 Å². The number of hydrogen-bond acceptors (Lipinski definition) is 4. The summed E-state index contributed by atoms with van der Waals surface area (Å²) in [6, 6.07) is 14.1. The lowest BCUT2D eigenvalue weighted by Crippen LogP contribution is -2.45. The van der Waals surface area contributed by atoms with E-state index in [2.05, 4.69) is 0 Å². The molecule has 0 aliphatic carbocycles. The Kier molecular flexibility index (Phi) is 4.45. The van der Waals surface area contributed by atoms with Crippen molar-refractivity contribution in [3.63, 3.8) is 0 Å². The van der Waals surface area contributed by atoms with Gasteiger partial charge in [-0.15, -0.1) is 4.74 Å². The third-order valence-electron chi connectivity index (χ3n) is 5.80. The molecule has 8 heteroatoms. The molecule has 0 spiro atoms. The SMILES string of the molecule is Cc1ccc(N2C(=O)N(C)C(C)(C)[C@@H]2n2oc(=O)n(-c3ccc(C)cc3)c2=O)cc1. The topological polar surface area (TPSA) is 80.7 Å². The monoisotopic (exact) mass is 408 g/mol. The molecule has 3 aromatic rings. The third-order valence-corrected chi connectivity index (χ3v) is 5.80. The number of amides is 2. The number of aromatic nitrogens is 2. The normalized spacial score (nSPS) is 18.3. The fourth-order valence-electron chi connectivity index (χ4n) is 3.76. The minimum absolute atomic E-state index is 0.286. The van der Waals surface area contributed by atoms with E-state index in [0.29, 0.717) is 11.4 Å². The van der Waals surface area contributed by atoms with Crippen molar-refractivity contribution in [3.8, 4) is 5.69 Å². The number of urea groups is 1. The predicted molar refractivity (Wildman–Crippen MR) is 113 cm³/mol. The van der Waals surface area contributed by atoms with E-state index in [1.165, 1.54) is 4.90 Å². The van der Waals surface area contributed by atoms with Crippen LogP contribution in [0.2, 0.25) is 0 Å². The maximum atomic E-state index is 13.3. The molecule has 4 rings (SSSR count). The van der Waals surface area contributed by atoms with Gasteiger partial charge in [0.25, 0.3) is 0 Å². The molecule has 1 fully saturated rings. The molecule has 0 bridgehead atoms. The minimum Gasteiger partial charge on any atom is -0.318 e. The first kappa shape index (κ1) is 19.8. The van der Waals surface area contributed by atoms with Gasteiger partial charge in [-0.25, -0.2) is 14.4 Å². The van der Waals surface area contributed by atoms with Gasteiger partial charge in [-0.3, -0.25) is 4.90 Å². The van der Waals surface area contributed by atoms with Crippen molar-refractivity contribution < 1.29 is 9.32 Å². The Balaban J connectivity index is 1.90. The van der Waals surface area contributed by atoms with Crippen molar-refractivity contribution in [2.75, 3.05) is 11.9 Å². The first-order chi connectivity index (χ1) is 14.1. The molecule has 1 aliphatic heterocycles. The average Bonchev–Trinajstić information content (AvgIpc) is 3.08. The van der Waals surface area contributed by atoms with Crippen LogP contribution in [0, 0.1) is 13.8 Å². The fraction of sp³-hybridized carbons (Fsp3) is 0.318. The summed E-state index contributed by atoms with van der Waals surface area (Å²) in [5, 5.41) is 0. The minimum atomic E-state index is -0.843. The zero-order valence-corrected chi connectivity index (χ0v) is 17.6. The number of carbonyl (C=O) groups excluding carboxylic acids is 1. The molecule has 8 nitrogen and oxygen atoms in total. The van der Waals surface area contributed by atoms with Gasteiger partial charge in [0.15, 0.2) is 6.17 Å². The van der Waals surface area contributed by atoms with Crippen molar-refractivity contribution in [1.82, 2.24) is 14.2 Å². The zero-order chi connectivity index (χ0) is 21.8. The van der Waals surface area contributed by atoms with E-state index in [-0.39, 0.29) is 6.03 Å². The molecule has 30 heavy (non-hydrogen) atoms. The molecule has 1 saturated heterocycles. The second-order valence-electron chi connectivity index (χ2n) is 8.21. The molecule has 0 saturated carbocycles. The van der Waals surface area contributed by atoms with Crippen LogP contribution in [0.4, 0.5) is 10.5 Å². The Labute approximate surface area is 173 Å². The van der Waals surface area contributed by atoms with Gasteiger partial charge in [0.1, 0.15) is 0 Å². The first-order valence-electron chi connectivity index (χ1n) is 9.68. The van der Waals surface area contributed by atoms with Crippen molar-refractivity contribution in [3.05, 3.63) is 80.7 Å². The predicted octanol–water partition coefficient (Wildman–Crippen LogP) is 3.06. The van der Waals surface area contributed by atoms with E-state index in [0.717, 1.165) is 20.4 Å². The number of anilines is 1. The Bertz CT molecular complexity index is 1220. The summed E-state index contributed by atoms with van der Waals surface area (Å²) in [6.45, 7) is 7.54. The van der Waals surface area contributed by atoms with Crippen LogP contribution in [0.25, 0.3) is 5.69 Å². The van der Waals surface area contributed by atoms with Crippen molar-refractivity contribution >= 4 is 11.7 Å². The summed E-state index contributed by atoms with van der Waals surface area (Å²) in [7, 11) is 1.67. The van der Waals surface area contributed by atoms with Gasteiger partial charge in [-0.1, -0.05) is 35.4 Å². The van der Waals surface area contributed by atoms with Gasteiger partial charge in [0.2, 0.25) is 0 Å². The van der Waals surface area contributed by atoms with E-state index < -0.39 is 23.2 Å². The van der Waals surface area contributed by atoms with E-state index in [1.807, 2.05) is 64.1 Å². The van der Waals surface area contributed by atoms with Gasteiger partial charge in [-0.2, -0.15) is 4.57 Å². The van der Waals surface area contributed by atoms with Crippen LogP contribution in [-0.4, -0.2) is 32.8 Å². The molecule has 0 N–H and O–H groups in total. The maximum Gasteiger partial charge on any atom is 0.447 e. The van der Waals surface area contributed by atoms with Crippen LogP contribution in [0.15, 0.2) is 62.6 Å². The van der Waals surface area contributed by atoms with E-state index in [4.69, 9.17) is 4.52 Å². The van der Waals surface area contributed by atoms with Gasteiger partial charge in [-0.05, 0) is 52.0 Å². The molecule has 1 atom stereocenters. The molecule has 0 radical (unpaired) electrons. The van der Waals surface area contributed by atoms with E-state index in [9.17, 15) is 14.4 Å². The van der Waals surface area contributed by atoms with Crippen molar-refractivity contribution in [2.45, 2.75) is 39.4 Å². The molecule has 2 aromatic carbocycles. The van der Waals surface area contributed by atoms with Gasteiger partial charge in [0.05, 0.1) is 11.2 Å². The van der Waals surface area contributed by atoms with Crippen LogP contribution in [0.1, 0.15) is 31.1 Å². The highest BCUT2D eigenvalue weighted by Gasteiger charge is 2.53. The number of benzene rings is 2. The summed E-state index contributed by atoms with van der Waals surface area (Å²) in [6.07, 6.45) is -0.843. The molecule has 156 valence electrons. The number of rotatable bonds is 3. The van der Waals surface area contributed by atoms with Crippen LogP contribution in [-0.2, 0) is 0 Å². The molecule has 2 heterocycles. The number of likely N-dealkylation sites (N-methyl/N-ethyl adjacent to an activating group) is 1. The molecule has 0 unspecified atom stereocenters. The summed E-state index contributed by atoms with van der Waals surface area (Å²) in [4.78, 5) is 42.0. The highest BCUT2D eigenvalue weighted by Crippen LogP contribution is 2.41. The first-order valence-corrected chi connectivity index (χ1v) is 9.68. The highest BCUT2D eigenvalue weighted by atomic mass is 16.5. The summed E-state index contributed by atoms with van der Waals surface area (Å²) in [5.41, 5.74) is 1.62. The Morgan fingerprint density at radius 3 is 1.87 bits per heavy atom. The lowest BCUT2D eigenvalue weighted by atomic mass is 10.0. The zero-order valence-electron chi connectivity index (χ0n) is 17.6. The number of carbonyl (C=O) groups is 1. The van der Waals surface area contributed by atoms with Crippen LogP contribution < -0.4 is 16.3 Å². The number of aryl methyl sites for hydroxylation is 2. The maximum absolute atomic E-state index is 13.3. The van der Waals surface area contributed by atoms with Crippen LogP contribution in [0.5, 0.6) is 0 Å². The van der Waals surface area contributed by atoms with Gasteiger partial charge in [0, 0.05) is 12.7 Å². The van der Waals surface area contributed by atoms with Crippen molar-refractivity contribution in [2.24, 2.45) is 0 Å². The fourth-order valence-corrected chi connectivity index (χ4v) is 3.76. The molecule has 1 aromatic heterocycles. The summed E-state index contributed by atoms with van der Waals surface area (Å²) >= 11 is 0. The van der Waals surface area contributed by atoms with E-state index in [1.54, 1.807) is 24.1 Å². The van der Waals surface area contributed by atoms with Gasteiger partial charge >= 0.3 is 17.5 Å². The quantitative estimate of drug-likeness (QED) is 0.667. The summed E-state index contributed by atoms with van der Waals surface area (Å²) < 4.78 is 7.39. The smallest absolute Gasteiger partial charge is 0.318 e. The highest BCUT2D eigenvalue weighted by molar-refractivity contribution is 5.95.